The number of hydrogen-bond donors (Lipinski definition) is 2. The Morgan fingerprint density at radius 3 is 2.32 bits per heavy atom. The number of phenolic OH excluding ortho intramolecular Hbond substituents is 1. The molecule has 0 atom stereocenters. The fraction of sp³-hybridized carbons (Fsp3) is 0.133. The van der Waals surface area contributed by atoms with Crippen molar-refractivity contribution in [2.24, 2.45) is 0 Å². The molecule has 0 saturated carbocycles. The lowest BCUT2D eigenvalue weighted by Gasteiger charge is -2.07. The zero-order valence-corrected chi connectivity index (χ0v) is 12.4. The third kappa shape index (κ3) is 4.31. The van der Waals surface area contributed by atoms with Crippen LogP contribution in [0.1, 0.15) is 10.4 Å². The monoisotopic (exact) mass is 321 g/mol. The van der Waals surface area contributed by atoms with Gasteiger partial charge in [-0.1, -0.05) is 18.2 Å². The van der Waals surface area contributed by atoms with Crippen molar-refractivity contribution in [2.45, 2.75) is 4.90 Å². The molecule has 0 fully saturated rings. The Bertz CT molecular complexity index is 726. The average molecular weight is 321 g/mol. The first-order valence-electron chi connectivity index (χ1n) is 6.50. The number of benzene rings is 2. The zero-order valence-electron chi connectivity index (χ0n) is 11.6. The summed E-state index contributed by atoms with van der Waals surface area (Å²) in [6.07, 6.45) is 0. The fourth-order valence-corrected chi connectivity index (χ4v) is 2.72. The molecule has 0 aliphatic carbocycles. The number of ether oxygens (including phenoxy) is 1. The Hall–Kier alpha value is -2.38. The minimum Gasteiger partial charge on any atom is -0.508 e. The van der Waals surface area contributed by atoms with E-state index in [1.54, 1.807) is 18.2 Å². The summed E-state index contributed by atoms with van der Waals surface area (Å²) in [7, 11) is -3.60. The van der Waals surface area contributed by atoms with E-state index in [1.807, 2.05) is 0 Å². The molecule has 0 spiro atoms. The van der Waals surface area contributed by atoms with Crippen LogP contribution in [0.5, 0.6) is 5.75 Å². The van der Waals surface area contributed by atoms with Gasteiger partial charge in [-0.3, -0.25) is 0 Å². The third-order valence-electron chi connectivity index (χ3n) is 2.78. The van der Waals surface area contributed by atoms with Crippen LogP contribution in [0.4, 0.5) is 0 Å². The number of hydrogen-bond acceptors (Lipinski definition) is 5. The molecule has 22 heavy (non-hydrogen) atoms. The van der Waals surface area contributed by atoms with E-state index in [0.717, 1.165) is 0 Å². The molecule has 2 rings (SSSR count). The Morgan fingerprint density at radius 2 is 1.68 bits per heavy atom. The van der Waals surface area contributed by atoms with Crippen molar-refractivity contribution < 1.29 is 23.1 Å². The van der Waals surface area contributed by atoms with Crippen LogP contribution in [-0.2, 0) is 14.8 Å². The Kier molecular flexibility index (Phi) is 5.13. The van der Waals surface area contributed by atoms with Gasteiger partial charge < -0.3 is 9.84 Å². The van der Waals surface area contributed by atoms with E-state index in [-0.39, 0.29) is 29.4 Å². The highest BCUT2D eigenvalue weighted by Crippen LogP contribution is 2.10. The lowest BCUT2D eigenvalue weighted by Crippen LogP contribution is -2.28. The predicted octanol–water partition coefficient (Wildman–Crippen LogP) is 1.53. The molecule has 2 aromatic rings. The van der Waals surface area contributed by atoms with E-state index in [9.17, 15) is 13.2 Å². The summed E-state index contributed by atoms with van der Waals surface area (Å²) in [6, 6.07) is 13.5. The maximum Gasteiger partial charge on any atom is 0.338 e. The van der Waals surface area contributed by atoms with Crippen molar-refractivity contribution in [3.8, 4) is 5.75 Å². The summed E-state index contributed by atoms with van der Waals surface area (Å²) in [5.74, 6) is -0.536. The first-order valence-corrected chi connectivity index (χ1v) is 7.98. The van der Waals surface area contributed by atoms with Crippen molar-refractivity contribution >= 4 is 16.0 Å². The van der Waals surface area contributed by atoms with E-state index >= 15 is 0 Å². The largest absolute Gasteiger partial charge is 0.508 e. The highest BCUT2D eigenvalue weighted by atomic mass is 32.2. The molecule has 2 N–H and O–H groups in total. The first kappa shape index (κ1) is 16.0. The van der Waals surface area contributed by atoms with Gasteiger partial charge in [0, 0.05) is 6.54 Å². The van der Waals surface area contributed by atoms with Crippen molar-refractivity contribution in [2.75, 3.05) is 13.2 Å². The summed E-state index contributed by atoms with van der Waals surface area (Å²) < 4.78 is 31.1. The van der Waals surface area contributed by atoms with Crippen LogP contribution in [0.2, 0.25) is 0 Å². The molecule has 0 heterocycles. The van der Waals surface area contributed by atoms with E-state index in [1.165, 1.54) is 36.4 Å². The van der Waals surface area contributed by atoms with Gasteiger partial charge in [-0.05, 0) is 36.4 Å². The van der Waals surface area contributed by atoms with Gasteiger partial charge in [-0.25, -0.2) is 17.9 Å². The summed E-state index contributed by atoms with van der Waals surface area (Å²) >= 11 is 0. The normalized spacial score (nSPS) is 11.1. The number of rotatable bonds is 6. The highest BCUT2D eigenvalue weighted by molar-refractivity contribution is 7.89. The number of nitrogens with one attached hydrogen (secondary N) is 1. The molecule has 0 saturated heterocycles. The second-order valence-corrected chi connectivity index (χ2v) is 6.16. The molecular formula is C15H15NO5S. The SMILES string of the molecule is O=C(OCCNS(=O)(=O)c1ccccc1)c1ccc(O)cc1. The van der Waals surface area contributed by atoms with Crippen molar-refractivity contribution in [3.05, 3.63) is 60.2 Å². The number of aromatic hydroxyl groups is 1. The van der Waals surface area contributed by atoms with E-state index in [0.29, 0.717) is 0 Å². The number of carbonyl (C=O) groups is 1. The first-order chi connectivity index (χ1) is 10.5. The molecule has 6 nitrogen and oxygen atoms in total. The van der Waals surface area contributed by atoms with E-state index < -0.39 is 16.0 Å². The van der Waals surface area contributed by atoms with E-state index in [2.05, 4.69) is 4.72 Å². The maximum atomic E-state index is 11.9. The standard InChI is InChI=1S/C15H15NO5S/c17-13-8-6-12(7-9-13)15(18)21-11-10-16-22(19,20)14-4-2-1-3-5-14/h1-9,16-17H,10-11H2. The maximum absolute atomic E-state index is 11.9. The average Bonchev–Trinajstić information content (AvgIpc) is 2.53. The van der Waals surface area contributed by atoms with Crippen molar-refractivity contribution in [1.29, 1.82) is 0 Å². The fourth-order valence-electron chi connectivity index (χ4n) is 1.68. The smallest absolute Gasteiger partial charge is 0.338 e. The molecule has 0 bridgehead atoms. The molecule has 7 heteroatoms. The Balaban J connectivity index is 1.82. The van der Waals surface area contributed by atoms with Gasteiger partial charge >= 0.3 is 5.97 Å². The third-order valence-corrected chi connectivity index (χ3v) is 4.26. The van der Waals surface area contributed by atoms with Gasteiger partial charge in [-0.2, -0.15) is 0 Å². The summed E-state index contributed by atoms with van der Waals surface area (Å²) in [5.41, 5.74) is 0.281. The summed E-state index contributed by atoms with van der Waals surface area (Å²) in [4.78, 5) is 11.8. The summed E-state index contributed by atoms with van der Waals surface area (Å²) in [5, 5.41) is 9.12. The van der Waals surface area contributed by atoms with Gasteiger partial charge in [0.25, 0.3) is 0 Å². The molecule has 0 amide bonds. The van der Waals surface area contributed by atoms with Crippen LogP contribution in [0.15, 0.2) is 59.5 Å². The van der Waals surface area contributed by atoms with Gasteiger partial charge in [0.2, 0.25) is 10.0 Å². The number of esters is 1. The molecular weight excluding hydrogens is 306 g/mol. The molecule has 116 valence electrons. The van der Waals surface area contributed by atoms with Crippen LogP contribution >= 0.6 is 0 Å². The Morgan fingerprint density at radius 1 is 1.05 bits per heavy atom. The van der Waals surface area contributed by atoms with Gasteiger partial charge in [0.1, 0.15) is 12.4 Å². The van der Waals surface area contributed by atoms with Crippen LogP contribution in [0.25, 0.3) is 0 Å². The minimum atomic E-state index is -3.60. The van der Waals surface area contributed by atoms with Crippen LogP contribution in [0.3, 0.4) is 0 Å². The minimum absolute atomic E-state index is 0.0267. The second kappa shape index (κ2) is 7.06. The quantitative estimate of drug-likeness (QED) is 0.622. The topological polar surface area (TPSA) is 92.7 Å². The number of sulfonamides is 1. The van der Waals surface area contributed by atoms with Crippen molar-refractivity contribution in [3.63, 3.8) is 0 Å². The molecule has 0 aromatic heterocycles. The highest BCUT2D eigenvalue weighted by Gasteiger charge is 2.13. The zero-order chi connectivity index (χ0) is 16.0. The lowest BCUT2D eigenvalue weighted by atomic mass is 10.2. The predicted molar refractivity (Wildman–Crippen MR) is 80.0 cm³/mol. The van der Waals surface area contributed by atoms with Gasteiger partial charge in [0.05, 0.1) is 10.5 Å². The van der Waals surface area contributed by atoms with Gasteiger partial charge in [-0.15, -0.1) is 0 Å². The Labute approximate surface area is 128 Å². The van der Waals surface area contributed by atoms with Crippen LogP contribution < -0.4 is 4.72 Å². The van der Waals surface area contributed by atoms with Crippen LogP contribution in [-0.4, -0.2) is 32.6 Å². The summed E-state index contributed by atoms with van der Waals surface area (Å²) in [6.45, 7) is -0.118. The molecule has 0 unspecified atom stereocenters. The lowest BCUT2D eigenvalue weighted by molar-refractivity contribution is 0.0513. The van der Waals surface area contributed by atoms with E-state index in [4.69, 9.17) is 9.84 Å². The van der Waals surface area contributed by atoms with Gasteiger partial charge in [0.15, 0.2) is 0 Å². The molecule has 0 radical (unpaired) electrons. The number of carbonyl (C=O) groups excluding carboxylic acids is 1. The molecule has 0 aliphatic rings. The van der Waals surface area contributed by atoms with Crippen molar-refractivity contribution in [1.82, 2.24) is 4.72 Å². The second-order valence-electron chi connectivity index (χ2n) is 4.39. The number of phenols is 1. The van der Waals surface area contributed by atoms with Crippen LogP contribution in [0, 0.1) is 0 Å². The molecule has 2 aromatic carbocycles. The molecule has 0 aliphatic heterocycles.